The van der Waals surface area contributed by atoms with Gasteiger partial charge in [0.25, 0.3) is 0 Å². The Bertz CT molecular complexity index is 693. The number of aromatic nitrogens is 2. The molecule has 26 heavy (non-hydrogen) atoms. The minimum absolute atomic E-state index is 0.109. The topological polar surface area (TPSA) is 45.5 Å². The minimum atomic E-state index is -1.89. The van der Waals surface area contributed by atoms with Crippen LogP contribution in [0.25, 0.3) is 5.69 Å². The SMILES string of the molecule is COC[C@H](COc1nn(-c2ccccc2)cc1C)O[Si](C)(C)C(C)(C)C. The third-order valence-electron chi connectivity index (χ3n) is 4.90. The predicted octanol–water partition coefficient (Wildman–Crippen LogP) is 4.60. The number of nitrogens with zero attached hydrogens (tertiary/aromatic N) is 2. The zero-order chi connectivity index (χ0) is 19.4. The van der Waals surface area contributed by atoms with Crippen LogP contribution in [0, 0.1) is 6.92 Å². The first-order valence-electron chi connectivity index (χ1n) is 9.05. The Morgan fingerprint density at radius 3 is 2.35 bits per heavy atom. The number of ether oxygens (including phenoxy) is 2. The van der Waals surface area contributed by atoms with Crippen molar-refractivity contribution in [3.63, 3.8) is 0 Å². The molecule has 1 aromatic heterocycles. The van der Waals surface area contributed by atoms with Crippen molar-refractivity contribution in [2.45, 2.75) is 51.9 Å². The fourth-order valence-electron chi connectivity index (χ4n) is 2.37. The molecule has 1 atom stereocenters. The van der Waals surface area contributed by atoms with Crippen molar-refractivity contribution in [2.75, 3.05) is 20.3 Å². The molecule has 0 fully saturated rings. The van der Waals surface area contributed by atoms with Crippen LogP contribution in [0.5, 0.6) is 5.88 Å². The lowest BCUT2D eigenvalue weighted by Crippen LogP contribution is -2.46. The molecule has 0 unspecified atom stereocenters. The number of hydrogen-bond acceptors (Lipinski definition) is 4. The zero-order valence-corrected chi connectivity index (χ0v) is 18.1. The van der Waals surface area contributed by atoms with Gasteiger partial charge in [0, 0.05) is 18.9 Å². The summed E-state index contributed by atoms with van der Waals surface area (Å²) < 4.78 is 19.6. The first-order valence-corrected chi connectivity index (χ1v) is 12.0. The van der Waals surface area contributed by atoms with Gasteiger partial charge in [0.15, 0.2) is 8.32 Å². The van der Waals surface area contributed by atoms with Gasteiger partial charge in [-0.2, -0.15) is 0 Å². The van der Waals surface area contributed by atoms with E-state index in [-0.39, 0.29) is 11.1 Å². The van der Waals surface area contributed by atoms with Gasteiger partial charge in [-0.25, -0.2) is 4.68 Å². The molecule has 0 aliphatic carbocycles. The van der Waals surface area contributed by atoms with Gasteiger partial charge in [0.1, 0.15) is 12.7 Å². The van der Waals surface area contributed by atoms with E-state index >= 15 is 0 Å². The summed E-state index contributed by atoms with van der Waals surface area (Å²) in [6.45, 7) is 14.1. The molecule has 0 spiro atoms. The third kappa shape index (κ3) is 5.19. The monoisotopic (exact) mass is 376 g/mol. The average molecular weight is 377 g/mol. The van der Waals surface area contributed by atoms with Crippen molar-refractivity contribution in [3.8, 4) is 11.6 Å². The molecule has 0 saturated carbocycles. The molecule has 1 aromatic carbocycles. The second-order valence-electron chi connectivity index (χ2n) is 8.16. The molecule has 0 aliphatic heterocycles. The molecule has 0 N–H and O–H groups in total. The van der Waals surface area contributed by atoms with E-state index < -0.39 is 8.32 Å². The van der Waals surface area contributed by atoms with Crippen molar-refractivity contribution in [1.82, 2.24) is 9.78 Å². The molecule has 6 heteroatoms. The highest BCUT2D eigenvalue weighted by atomic mass is 28.4. The maximum atomic E-state index is 6.45. The van der Waals surface area contributed by atoms with Crippen molar-refractivity contribution >= 4 is 8.32 Å². The Kier molecular flexibility index (Phi) is 6.66. The van der Waals surface area contributed by atoms with Crippen LogP contribution in [-0.4, -0.2) is 44.5 Å². The maximum Gasteiger partial charge on any atom is 0.236 e. The van der Waals surface area contributed by atoms with Crippen LogP contribution in [0.3, 0.4) is 0 Å². The van der Waals surface area contributed by atoms with Crippen LogP contribution in [-0.2, 0) is 9.16 Å². The van der Waals surface area contributed by atoms with Crippen molar-refractivity contribution in [2.24, 2.45) is 0 Å². The molecule has 2 rings (SSSR count). The average Bonchev–Trinajstić information content (AvgIpc) is 2.93. The quantitative estimate of drug-likeness (QED) is 0.632. The number of hydrogen-bond donors (Lipinski definition) is 0. The van der Waals surface area contributed by atoms with Gasteiger partial charge in [0.05, 0.1) is 12.3 Å². The Hall–Kier alpha value is -1.63. The molecule has 2 aromatic rings. The molecule has 144 valence electrons. The highest BCUT2D eigenvalue weighted by molar-refractivity contribution is 6.74. The van der Waals surface area contributed by atoms with Crippen LogP contribution in [0.2, 0.25) is 18.1 Å². The van der Waals surface area contributed by atoms with Crippen molar-refractivity contribution < 1.29 is 13.9 Å². The number of methoxy groups -OCH3 is 1. The van der Waals surface area contributed by atoms with Gasteiger partial charge in [-0.1, -0.05) is 39.0 Å². The lowest BCUT2D eigenvalue weighted by atomic mass is 10.2. The van der Waals surface area contributed by atoms with Crippen LogP contribution in [0.1, 0.15) is 26.3 Å². The zero-order valence-electron chi connectivity index (χ0n) is 17.1. The summed E-state index contributed by atoms with van der Waals surface area (Å²) in [5.74, 6) is 0.633. The van der Waals surface area contributed by atoms with Gasteiger partial charge in [-0.05, 0) is 37.2 Å². The Balaban J connectivity index is 2.06. The van der Waals surface area contributed by atoms with Crippen LogP contribution in [0.15, 0.2) is 36.5 Å². The van der Waals surface area contributed by atoms with Crippen LogP contribution in [0.4, 0.5) is 0 Å². The first-order chi connectivity index (χ1) is 12.1. The normalized spacial score (nSPS) is 13.7. The van der Waals surface area contributed by atoms with Crippen molar-refractivity contribution in [1.29, 1.82) is 0 Å². The molecule has 5 nitrogen and oxygen atoms in total. The van der Waals surface area contributed by atoms with E-state index in [9.17, 15) is 0 Å². The number of aryl methyl sites for hydroxylation is 1. The molecule has 1 heterocycles. The lowest BCUT2D eigenvalue weighted by molar-refractivity contribution is 0.0384. The number of para-hydroxylation sites is 1. The molecular weight excluding hydrogens is 344 g/mol. The van der Waals surface area contributed by atoms with Gasteiger partial charge in [-0.3, -0.25) is 0 Å². The Labute approximate surface area is 158 Å². The highest BCUT2D eigenvalue weighted by Crippen LogP contribution is 2.37. The summed E-state index contributed by atoms with van der Waals surface area (Å²) >= 11 is 0. The van der Waals surface area contributed by atoms with E-state index in [1.165, 1.54) is 0 Å². The molecule has 0 saturated heterocycles. The van der Waals surface area contributed by atoms with E-state index in [0.717, 1.165) is 11.3 Å². The standard InChI is InChI=1S/C20H32N2O3Si/c1-16-13-22(17-11-9-8-10-12-17)21-19(16)24-15-18(14-23-5)25-26(6,7)20(2,3)4/h8-13,18H,14-15H2,1-7H3/t18-/m1/s1. The van der Waals surface area contributed by atoms with E-state index in [4.69, 9.17) is 13.9 Å². The van der Waals surface area contributed by atoms with Gasteiger partial charge >= 0.3 is 0 Å². The van der Waals surface area contributed by atoms with Crippen LogP contribution >= 0.6 is 0 Å². The maximum absolute atomic E-state index is 6.45. The van der Waals surface area contributed by atoms with Crippen LogP contribution < -0.4 is 4.74 Å². The molecular formula is C20H32N2O3Si. The summed E-state index contributed by atoms with van der Waals surface area (Å²) in [5, 5.41) is 4.71. The fourth-order valence-corrected chi connectivity index (χ4v) is 3.69. The molecule has 0 aliphatic rings. The highest BCUT2D eigenvalue weighted by Gasteiger charge is 2.39. The molecule has 0 radical (unpaired) electrons. The lowest BCUT2D eigenvalue weighted by Gasteiger charge is -2.39. The summed E-state index contributed by atoms with van der Waals surface area (Å²) in [6, 6.07) is 10.0. The molecule has 0 bridgehead atoms. The summed E-state index contributed by atoms with van der Waals surface area (Å²) in [4.78, 5) is 0. The largest absolute Gasteiger partial charge is 0.474 e. The Morgan fingerprint density at radius 2 is 1.77 bits per heavy atom. The van der Waals surface area contributed by atoms with E-state index in [1.54, 1.807) is 7.11 Å². The molecule has 0 amide bonds. The second-order valence-corrected chi connectivity index (χ2v) is 12.9. The summed E-state index contributed by atoms with van der Waals surface area (Å²) in [5.41, 5.74) is 2.01. The van der Waals surface area contributed by atoms with Gasteiger partial charge in [0.2, 0.25) is 5.88 Å². The van der Waals surface area contributed by atoms with Gasteiger partial charge < -0.3 is 13.9 Å². The third-order valence-corrected chi connectivity index (χ3v) is 9.43. The fraction of sp³-hybridized carbons (Fsp3) is 0.550. The second kappa shape index (κ2) is 8.37. The summed E-state index contributed by atoms with van der Waals surface area (Å²) in [6.07, 6.45) is 1.87. The first kappa shape index (κ1) is 20.7. The Morgan fingerprint density at radius 1 is 1.12 bits per heavy atom. The number of rotatable bonds is 8. The van der Waals surface area contributed by atoms with E-state index in [2.05, 4.69) is 39.0 Å². The predicted molar refractivity (Wildman–Crippen MR) is 108 cm³/mol. The van der Waals surface area contributed by atoms with E-state index in [1.807, 2.05) is 48.1 Å². The van der Waals surface area contributed by atoms with E-state index in [0.29, 0.717) is 19.1 Å². The van der Waals surface area contributed by atoms with Gasteiger partial charge in [-0.15, -0.1) is 5.10 Å². The smallest absolute Gasteiger partial charge is 0.236 e. The number of benzene rings is 1. The van der Waals surface area contributed by atoms with Crippen molar-refractivity contribution in [3.05, 3.63) is 42.1 Å². The minimum Gasteiger partial charge on any atom is -0.474 e. The summed E-state index contributed by atoms with van der Waals surface area (Å²) in [7, 11) is -0.198.